The van der Waals surface area contributed by atoms with Crippen molar-refractivity contribution in [3.63, 3.8) is 0 Å². The molecule has 4 atom stereocenters. The predicted octanol–water partition coefficient (Wildman–Crippen LogP) is 2.59. The highest BCUT2D eigenvalue weighted by Gasteiger charge is 2.52. The lowest BCUT2D eigenvalue weighted by atomic mass is 9.86. The summed E-state index contributed by atoms with van der Waals surface area (Å²) in [5, 5.41) is 0. The van der Waals surface area contributed by atoms with Crippen LogP contribution in [-0.2, 0) is 46.2 Å². The maximum Gasteiger partial charge on any atom is 0.303 e. The standard InChI is InChI=1S/C24H26O9/c1-13(25)30-21-19-18(28)12-17(11-10-16-8-6-5-7-9-16)33-20(19)22(29-4)24(32-15(3)27)23(21)31-14(2)26/h5-9,12,21-24H,10-11H2,1-4H3/t21-,22+,23+,24-/m0/s1. The molecule has 1 aliphatic rings. The van der Waals surface area contributed by atoms with Gasteiger partial charge in [-0.1, -0.05) is 30.3 Å². The van der Waals surface area contributed by atoms with Gasteiger partial charge in [-0.15, -0.1) is 0 Å². The Morgan fingerprint density at radius 3 is 1.97 bits per heavy atom. The van der Waals surface area contributed by atoms with Crippen LogP contribution in [0.2, 0.25) is 0 Å². The van der Waals surface area contributed by atoms with E-state index in [0.717, 1.165) is 19.4 Å². The van der Waals surface area contributed by atoms with E-state index in [1.54, 1.807) is 0 Å². The smallest absolute Gasteiger partial charge is 0.303 e. The Morgan fingerprint density at radius 2 is 1.42 bits per heavy atom. The summed E-state index contributed by atoms with van der Waals surface area (Å²) in [6.07, 6.45) is -3.86. The number of hydrogen-bond donors (Lipinski definition) is 0. The van der Waals surface area contributed by atoms with Gasteiger partial charge in [0.05, 0.1) is 5.56 Å². The van der Waals surface area contributed by atoms with E-state index in [1.165, 1.54) is 20.1 Å². The Kier molecular flexibility index (Phi) is 7.65. The lowest BCUT2D eigenvalue weighted by molar-refractivity contribution is -0.203. The average Bonchev–Trinajstić information content (AvgIpc) is 2.74. The van der Waals surface area contributed by atoms with Crippen molar-refractivity contribution in [3.8, 4) is 0 Å². The Hall–Kier alpha value is -3.46. The fourth-order valence-corrected chi connectivity index (χ4v) is 3.94. The van der Waals surface area contributed by atoms with Crippen LogP contribution in [0.15, 0.2) is 45.6 Å². The molecule has 0 amide bonds. The van der Waals surface area contributed by atoms with Gasteiger partial charge in [0.15, 0.2) is 29.8 Å². The zero-order chi connectivity index (χ0) is 24.1. The molecule has 0 saturated carbocycles. The highest BCUT2D eigenvalue weighted by Crippen LogP contribution is 2.42. The Bertz CT molecular complexity index is 1070. The maximum atomic E-state index is 13.2. The Morgan fingerprint density at radius 1 is 0.848 bits per heavy atom. The van der Waals surface area contributed by atoms with Gasteiger partial charge in [-0.2, -0.15) is 0 Å². The first-order chi connectivity index (χ1) is 15.7. The first-order valence-electron chi connectivity index (χ1n) is 10.5. The van der Waals surface area contributed by atoms with E-state index < -0.39 is 47.8 Å². The third-order valence-corrected chi connectivity index (χ3v) is 5.18. The number of esters is 3. The molecule has 9 heteroatoms. The minimum atomic E-state index is -1.34. The summed E-state index contributed by atoms with van der Waals surface area (Å²) in [5.74, 6) is -1.65. The van der Waals surface area contributed by atoms with Crippen molar-refractivity contribution in [2.75, 3.05) is 7.11 Å². The number of benzene rings is 1. The minimum absolute atomic E-state index is 0.0184. The second kappa shape index (κ2) is 10.4. The molecule has 0 saturated heterocycles. The molecule has 1 heterocycles. The zero-order valence-corrected chi connectivity index (χ0v) is 18.9. The summed E-state index contributed by atoms with van der Waals surface area (Å²) in [4.78, 5) is 48.6. The highest BCUT2D eigenvalue weighted by molar-refractivity contribution is 5.69. The van der Waals surface area contributed by atoms with Gasteiger partial charge in [-0.25, -0.2) is 0 Å². The van der Waals surface area contributed by atoms with Gasteiger partial charge in [-0.3, -0.25) is 19.2 Å². The number of hydrogen-bond acceptors (Lipinski definition) is 9. The fourth-order valence-electron chi connectivity index (χ4n) is 3.94. The molecule has 33 heavy (non-hydrogen) atoms. The maximum absolute atomic E-state index is 13.2. The van der Waals surface area contributed by atoms with Crippen LogP contribution in [-0.4, -0.2) is 37.2 Å². The molecule has 1 aromatic heterocycles. The topological polar surface area (TPSA) is 118 Å². The van der Waals surface area contributed by atoms with Crippen molar-refractivity contribution in [1.29, 1.82) is 0 Å². The van der Waals surface area contributed by atoms with Crippen LogP contribution in [0.4, 0.5) is 0 Å². The Balaban J connectivity index is 2.09. The second-order valence-electron chi connectivity index (χ2n) is 7.67. The highest BCUT2D eigenvalue weighted by atomic mass is 16.6. The van der Waals surface area contributed by atoms with E-state index in [9.17, 15) is 19.2 Å². The van der Waals surface area contributed by atoms with Crippen LogP contribution < -0.4 is 5.43 Å². The largest absolute Gasteiger partial charge is 0.462 e. The molecular formula is C24H26O9. The third kappa shape index (κ3) is 5.67. The summed E-state index contributed by atoms with van der Waals surface area (Å²) in [5.41, 5.74) is 0.577. The van der Waals surface area contributed by atoms with Gasteiger partial charge >= 0.3 is 17.9 Å². The molecule has 0 bridgehead atoms. The molecule has 1 aromatic carbocycles. The number of ether oxygens (including phenoxy) is 4. The molecule has 9 nitrogen and oxygen atoms in total. The van der Waals surface area contributed by atoms with Gasteiger partial charge in [-0.05, 0) is 12.0 Å². The number of carbonyl (C=O) groups excluding carboxylic acids is 3. The monoisotopic (exact) mass is 458 g/mol. The van der Waals surface area contributed by atoms with Crippen molar-refractivity contribution < 1.29 is 37.7 Å². The Labute approximate surface area is 190 Å². The van der Waals surface area contributed by atoms with E-state index >= 15 is 0 Å². The number of rotatable bonds is 7. The molecule has 0 N–H and O–H groups in total. The zero-order valence-electron chi connectivity index (χ0n) is 18.9. The van der Waals surface area contributed by atoms with Gasteiger partial charge in [0.25, 0.3) is 0 Å². The first-order valence-corrected chi connectivity index (χ1v) is 10.5. The molecule has 2 aromatic rings. The molecule has 1 aliphatic carbocycles. The van der Waals surface area contributed by atoms with Crippen molar-refractivity contribution in [2.24, 2.45) is 0 Å². The van der Waals surface area contributed by atoms with Crippen molar-refractivity contribution in [2.45, 2.75) is 58.0 Å². The molecule has 0 aliphatic heterocycles. The summed E-state index contributed by atoms with van der Waals surface area (Å²) in [7, 11) is 1.35. The van der Waals surface area contributed by atoms with Crippen LogP contribution in [0.25, 0.3) is 0 Å². The van der Waals surface area contributed by atoms with E-state index in [0.29, 0.717) is 18.6 Å². The molecule has 0 fully saturated rings. The predicted molar refractivity (Wildman–Crippen MR) is 114 cm³/mol. The van der Waals surface area contributed by atoms with Crippen LogP contribution in [0, 0.1) is 0 Å². The molecule has 176 valence electrons. The number of fused-ring (bicyclic) bond motifs is 1. The van der Waals surface area contributed by atoms with Gasteiger partial charge < -0.3 is 23.4 Å². The first kappa shape index (κ1) is 24.2. The van der Waals surface area contributed by atoms with Crippen LogP contribution in [0.5, 0.6) is 0 Å². The van der Waals surface area contributed by atoms with Gasteiger partial charge in [0.1, 0.15) is 11.5 Å². The molecular weight excluding hydrogens is 432 g/mol. The molecule has 0 radical (unpaired) electrons. The van der Waals surface area contributed by atoms with Crippen molar-refractivity contribution in [3.05, 3.63) is 69.3 Å². The second-order valence-corrected chi connectivity index (χ2v) is 7.67. The minimum Gasteiger partial charge on any atom is -0.462 e. The molecule has 3 rings (SSSR count). The van der Waals surface area contributed by atoms with E-state index in [2.05, 4.69) is 0 Å². The third-order valence-electron chi connectivity index (χ3n) is 5.18. The fraction of sp³-hybridized carbons (Fsp3) is 0.417. The molecule has 0 spiro atoms. The van der Waals surface area contributed by atoms with Crippen LogP contribution >= 0.6 is 0 Å². The lowest BCUT2D eigenvalue weighted by Crippen LogP contribution is -2.50. The quantitative estimate of drug-likeness (QED) is 0.456. The number of carbonyl (C=O) groups is 3. The summed E-state index contributed by atoms with van der Waals surface area (Å²) >= 11 is 0. The molecule has 0 unspecified atom stereocenters. The number of aryl methyl sites for hydroxylation is 2. The number of methoxy groups -OCH3 is 1. The summed E-state index contributed by atoms with van der Waals surface area (Å²) in [6.45, 7) is 3.49. The summed E-state index contributed by atoms with van der Waals surface area (Å²) < 4.78 is 27.7. The van der Waals surface area contributed by atoms with Gasteiger partial charge in [0.2, 0.25) is 0 Å². The van der Waals surface area contributed by atoms with E-state index in [4.69, 9.17) is 23.4 Å². The van der Waals surface area contributed by atoms with E-state index in [-0.39, 0.29) is 11.3 Å². The van der Waals surface area contributed by atoms with Crippen LogP contribution in [0.3, 0.4) is 0 Å². The average molecular weight is 458 g/mol. The van der Waals surface area contributed by atoms with Crippen LogP contribution in [0.1, 0.15) is 55.6 Å². The van der Waals surface area contributed by atoms with E-state index in [1.807, 2.05) is 30.3 Å². The van der Waals surface area contributed by atoms with Crippen molar-refractivity contribution >= 4 is 17.9 Å². The normalized spacial score (nSPS) is 21.6. The van der Waals surface area contributed by atoms with Gasteiger partial charge in [0, 0.05) is 40.4 Å². The van der Waals surface area contributed by atoms with Crippen molar-refractivity contribution in [1.82, 2.24) is 0 Å². The lowest BCUT2D eigenvalue weighted by Gasteiger charge is -2.39. The summed E-state index contributed by atoms with van der Waals surface area (Å²) in [6, 6.07) is 11.0. The SMILES string of the molecule is CO[C@@H]1c2oc(CCc3ccccc3)cc(=O)c2[C@H](OC(C)=O)[C@@H](OC(C)=O)[C@H]1OC(C)=O.